The highest BCUT2D eigenvalue weighted by Crippen LogP contribution is 2.37. The second kappa shape index (κ2) is 21.3. The quantitative estimate of drug-likeness (QED) is 0.0999. The van der Waals surface area contributed by atoms with Gasteiger partial charge in [0.1, 0.15) is 17.0 Å². The highest BCUT2D eigenvalue weighted by molar-refractivity contribution is 7.84. The zero-order chi connectivity index (χ0) is 48.1. The molecule has 0 spiro atoms. The van der Waals surface area contributed by atoms with Crippen molar-refractivity contribution < 1.29 is 54.6 Å². The largest absolute Gasteiger partial charge is 0.439 e. The lowest BCUT2D eigenvalue weighted by Crippen LogP contribution is -2.60. The normalized spacial score (nSPS) is 15.6. The fourth-order valence-electron chi connectivity index (χ4n) is 6.47. The van der Waals surface area contributed by atoms with E-state index in [1.807, 2.05) is 46.8 Å². The summed E-state index contributed by atoms with van der Waals surface area (Å²) in [6.45, 7) is 12.1. The molecule has 22 heteroatoms. The lowest BCUT2D eigenvalue weighted by Gasteiger charge is -2.43. The van der Waals surface area contributed by atoms with Gasteiger partial charge in [0.05, 0.1) is 70.2 Å². The van der Waals surface area contributed by atoms with Crippen molar-refractivity contribution in [2.45, 2.75) is 75.9 Å². The Kier molecular flexibility index (Phi) is 16.7. The number of aromatic nitrogens is 6. The summed E-state index contributed by atoms with van der Waals surface area (Å²) < 4.78 is 118. The summed E-state index contributed by atoms with van der Waals surface area (Å²) in [5.41, 5.74) is 8.05. The number of pyridine rings is 2. The van der Waals surface area contributed by atoms with Crippen molar-refractivity contribution in [3.8, 4) is 45.8 Å². The summed E-state index contributed by atoms with van der Waals surface area (Å²) in [6.07, 6.45) is -2.02. The van der Waals surface area contributed by atoms with E-state index in [0.717, 1.165) is 53.6 Å². The number of hydrogen-bond donors (Lipinski definition) is 3. The predicted molar refractivity (Wildman–Crippen MR) is 241 cm³/mol. The molecule has 2 fully saturated rings. The molecule has 0 saturated carbocycles. The number of hydrogen-bond acceptors (Lipinski definition) is 11. The summed E-state index contributed by atoms with van der Waals surface area (Å²) in [4.78, 5) is 8.63. The molecule has 6 heterocycles. The van der Waals surface area contributed by atoms with Gasteiger partial charge in [-0.2, -0.15) is 36.5 Å². The topological polar surface area (TPSA) is 174 Å². The Bertz CT molecular complexity index is 2600. The Morgan fingerprint density at radius 1 is 0.687 bits per heavy atom. The zero-order valence-corrected chi connectivity index (χ0v) is 38.9. The number of aliphatic hydroxyl groups excluding tert-OH is 1. The average Bonchev–Trinajstić information content (AvgIpc) is 3.88. The van der Waals surface area contributed by atoms with E-state index in [-0.39, 0.29) is 18.2 Å². The van der Waals surface area contributed by atoms with E-state index in [1.54, 1.807) is 46.3 Å². The van der Waals surface area contributed by atoms with Gasteiger partial charge in [-0.15, -0.1) is 12.4 Å². The summed E-state index contributed by atoms with van der Waals surface area (Å²) in [5.74, 6) is 1.37. The highest BCUT2D eigenvalue weighted by Gasteiger charge is 2.44. The van der Waals surface area contributed by atoms with Gasteiger partial charge in [-0.3, -0.25) is 9.97 Å². The first-order chi connectivity index (χ1) is 31.2. The van der Waals surface area contributed by atoms with Crippen LogP contribution in [0.3, 0.4) is 0 Å². The first-order valence-electron chi connectivity index (χ1n) is 20.6. The molecular weight excluding hydrogens is 930 g/mol. The smallest absolute Gasteiger partial charge is 0.416 e. The minimum Gasteiger partial charge on any atom is -0.439 e. The standard InChI is InChI=1S/C24H27F3N4O3S.C20H19F3N4O2.CH4O.ClH/c1-5-31-21(34-19-8-6-17(7-9-19)24(25,26)27)11-20(29-31)16-10-18(13-28-12-16)23(14-33-15-23)30-35(32)22(2,3)4;1-2-27-18(29-16-5-3-14(4-6-16)20(21,22)23)8-17(26-27)13-7-15(10-25-9-13)19(24)11-28-12-19;1-2;/h6-13,30H,5,14-15H2,1-4H3;3-10H,2,11-12,24H2,1H3;2H,1H3;1H. The Labute approximate surface area is 391 Å². The van der Waals surface area contributed by atoms with Crippen LogP contribution < -0.4 is 19.9 Å². The average molecular weight is 981 g/mol. The molecule has 4 N–H and O–H groups in total. The third kappa shape index (κ3) is 12.4. The Morgan fingerprint density at radius 2 is 1.09 bits per heavy atom. The van der Waals surface area contributed by atoms with Gasteiger partial charge in [0, 0.05) is 68.2 Å². The Morgan fingerprint density at radius 3 is 1.43 bits per heavy atom. The van der Waals surface area contributed by atoms with Gasteiger partial charge in [0.15, 0.2) is 0 Å². The number of benzene rings is 2. The number of nitrogens with zero attached hydrogens (tertiary/aromatic N) is 6. The molecule has 1 atom stereocenters. The molecule has 2 aliphatic rings. The van der Waals surface area contributed by atoms with E-state index in [4.69, 9.17) is 29.8 Å². The number of halogens is 7. The van der Waals surface area contributed by atoms with Crippen molar-refractivity contribution in [1.82, 2.24) is 34.3 Å². The number of rotatable bonds is 12. The molecule has 362 valence electrons. The van der Waals surface area contributed by atoms with Crippen molar-refractivity contribution in [3.63, 3.8) is 0 Å². The zero-order valence-electron chi connectivity index (χ0n) is 37.3. The van der Waals surface area contributed by atoms with Crippen LogP contribution in [0, 0.1) is 0 Å². The number of nitrogens with one attached hydrogen (secondary N) is 1. The third-order valence-electron chi connectivity index (χ3n) is 10.3. The van der Waals surface area contributed by atoms with Crippen LogP contribution in [-0.2, 0) is 57.0 Å². The van der Waals surface area contributed by atoms with Crippen molar-refractivity contribution in [2.75, 3.05) is 33.5 Å². The molecule has 67 heavy (non-hydrogen) atoms. The summed E-state index contributed by atoms with van der Waals surface area (Å²) in [7, 11) is -0.306. The number of aryl methyl sites for hydroxylation is 2. The van der Waals surface area contributed by atoms with Gasteiger partial charge < -0.3 is 29.8 Å². The maximum atomic E-state index is 12.8. The number of ether oxygens (including phenoxy) is 4. The molecule has 2 saturated heterocycles. The molecule has 0 amide bonds. The molecular formula is C45H51ClF6N8O6S. The van der Waals surface area contributed by atoms with Crippen molar-refractivity contribution in [1.29, 1.82) is 0 Å². The van der Waals surface area contributed by atoms with Crippen molar-refractivity contribution in [2.24, 2.45) is 5.73 Å². The van der Waals surface area contributed by atoms with Crippen molar-refractivity contribution in [3.05, 3.63) is 120 Å². The maximum Gasteiger partial charge on any atom is 0.416 e. The minimum atomic E-state index is -4.41. The van der Waals surface area contributed by atoms with Gasteiger partial charge in [-0.25, -0.2) is 18.3 Å². The second-order valence-corrected chi connectivity index (χ2v) is 18.2. The predicted octanol–water partition coefficient (Wildman–Crippen LogP) is 9.04. The van der Waals surface area contributed by atoms with E-state index in [0.29, 0.717) is 68.4 Å². The second-order valence-electron chi connectivity index (χ2n) is 16.2. The van der Waals surface area contributed by atoms with Crippen LogP contribution in [0.2, 0.25) is 0 Å². The van der Waals surface area contributed by atoms with Crippen LogP contribution in [0.5, 0.6) is 23.3 Å². The van der Waals surface area contributed by atoms with E-state index in [2.05, 4.69) is 24.9 Å². The first kappa shape index (κ1) is 52.5. The SMILES string of the molecule is CCn1nc(-c2cncc(C3(N)COC3)c2)cc1Oc1ccc(C(F)(F)F)cc1.CCn1nc(-c2cncc(C3(NS(=O)C(C)(C)C)COC3)c2)cc1Oc1ccc(C(F)(F)F)cc1.CO.Cl. The van der Waals surface area contributed by atoms with Crippen LogP contribution in [-0.4, -0.2) is 77.1 Å². The summed E-state index contributed by atoms with van der Waals surface area (Å²) >= 11 is 0. The van der Waals surface area contributed by atoms with Gasteiger partial charge in [0.2, 0.25) is 11.8 Å². The van der Waals surface area contributed by atoms with Gasteiger partial charge in [-0.05, 0) is 106 Å². The molecule has 2 aromatic carbocycles. The van der Waals surface area contributed by atoms with E-state index in [1.165, 1.54) is 24.3 Å². The summed E-state index contributed by atoms with van der Waals surface area (Å²) in [5, 5.41) is 16.1. The molecule has 14 nitrogen and oxygen atoms in total. The molecule has 0 bridgehead atoms. The lowest BCUT2D eigenvalue weighted by molar-refractivity contribution is -0.138. The van der Waals surface area contributed by atoms with Crippen molar-refractivity contribution >= 4 is 23.4 Å². The first-order valence-corrected chi connectivity index (χ1v) is 21.7. The maximum absolute atomic E-state index is 12.8. The molecule has 1 unspecified atom stereocenters. The Balaban J connectivity index is 0.000000242. The molecule has 8 rings (SSSR count). The molecule has 0 radical (unpaired) electrons. The van der Waals surface area contributed by atoms with E-state index < -0.39 is 50.3 Å². The fourth-order valence-corrected chi connectivity index (χ4v) is 7.36. The number of aliphatic hydroxyl groups is 1. The molecule has 4 aromatic heterocycles. The van der Waals surface area contributed by atoms with Crippen LogP contribution in [0.1, 0.15) is 56.9 Å². The lowest BCUT2D eigenvalue weighted by atomic mass is 9.89. The molecule has 6 aromatic rings. The molecule has 0 aliphatic carbocycles. The number of alkyl halides is 6. The third-order valence-corrected chi connectivity index (χ3v) is 12.0. The van der Waals surface area contributed by atoms with Gasteiger partial charge >= 0.3 is 12.4 Å². The van der Waals surface area contributed by atoms with Gasteiger partial charge in [0.25, 0.3) is 0 Å². The van der Waals surface area contributed by atoms with Crippen LogP contribution in [0.15, 0.2) is 97.6 Å². The van der Waals surface area contributed by atoms with Crippen LogP contribution in [0.4, 0.5) is 26.3 Å². The Hall–Kier alpha value is -5.42. The fraction of sp³-hybridized carbons (Fsp3) is 0.378. The van der Waals surface area contributed by atoms with Crippen LogP contribution in [0.25, 0.3) is 22.5 Å². The summed E-state index contributed by atoms with van der Waals surface area (Å²) in [6, 6.07) is 16.3. The van der Waals surface area contributed by atoms with Gasteiger partial charge in [-0.1, -0.05) is 0 Å². The highest BCUT2D eigenvalue weighted by atomic mass is 35.5. The monoisotopic (exact) mass is 980 g/mol. The molecule has 2 aliphatic heterocycles. The van der Waals surface area contributed by atoms with E-state index in [9.17, 15) is 30.6 Å². The number of nitrogens with two attached hydrogens (primary N) is 1. The minimum absolute atomic E-state index is 0. The van der Waals surface area contributed by atoms with E-state index >= 15 is 0 Å². The van der Waals surface area contributed by atoms with Crippen LogP contribution >= 0.6 is 12.4 Å².